The molecule has 0 aliphatic heterocycles. The van der Waals surface area contributed by atoms with E-state index in [2.05, 4.69) is 27.5 Å². The lowest BCUT2D eigenvalue weighted by molar-refractivity contribution is -0.387. The summed E-state index contributed by atoms with van der Waals surface area (Å²) < 4.78 is 17.0. The highest BCUT2D eigenvalue weighted by atomic mass is 32.1. The first kappa shape index (κ1) is 18.2. The number of nitrogens with zero attached hydrogens (tertiary/aromatic N) is 4. The summed E-state index contributed by atoms with van der Waals surface area (Å²) in [6, 6.07) is 6.45. The van der Waals surface area contributed by atoms with Gasteiger partial charge in [-0.15, -0.1) is 11.3 Å². The molecule has 0 bridgehead atoms. The Bertz CT molecular complexity index is 1230. The van der Waals surface area contributed by atoms with E-state index in [-0.39, 0.29) is 0 Å². The Morgan fingerprint density at radius 3 is 2.82 bits per heavy atom. The molecular formula is C20H17FN4O2S. The SMILES string of the molecule is Cc1cc2c(s1)c(-c1ccnc(Cc3cc([N+](=O)[O-])c(F)cc3C)n1)cn2C. The van der Waals surface area contributed by atoms with Gasteiger partial charge < -0.3 is 4.57 Å². The van der Waals surface area contributed by atoms with Crippen LogP contribution in [0.15, 0.2) is 36.7 Å². The van der Waals surface area contributed by atoms with E-state index in [1.165, 1.54) is 21.7 Å². The Balaban J connectivity index is 1.74. The standard InChI is InChI=1S/C20H17FN4O2S/c1-11-6-15(21)17(25(26)27)8-13(11)9-19-22-5-4-16(23-19)14-10-24(3)18-7-12(2)28-20(14)18/h4-8,10H,9H2,1-3H3. The van der Waals surface area contributed by atoms with Crippen LogP contribution in [0.5, 0.6) is 0 Å². The zero-order valence-corrected chi connectivity index (χ0v) is 16.4. The van der Waals surface area contributed by atoms with Crippen molar-refractivity contribution >= 4 is 27.2 Å². The van der Waals surface area contributed by atoms with Crippen molar-refractivity contribution in [2.24, 2.45) is 7.05 Å². The minimum Gasteiger partial charge on any atom is -0.349 e. The van der Waals surface area contributed by atoms with E-state index < -0.39 is 16.4 Å². The van der Waals surface area contributed by atoms with E-state index in [0.717, 1.165) is 16.8 Å². The Morgan fingerprint density at radius 1 is 1.29 bits per heavy atom. The predicted octanol–water partition coefficient (Wildman–Crippen LogP) is 4.95. The third-order valence-corrected chi connectivity index (χ3v) is 5.79. The molecule has 0 fully saturated rings. The van der Waals surface area contributed by atoms with Gasteiger partial charge >= 0.3 is 5.69 Å². The number of rotatable bonds is 4. The molecule has 0 unspecified atom stereocenters. The molecule has 0 amide bonds. The monoisotopic (exact) mass is 396 g/mol. The van der Waals surface area contributed by atoms with Crippen molar-refractivity contribution in [3.05, 3.63) is 74.4 Å². The van der Waals surface area contributed by atoms with Crippen LogP contribution in [0.2, 0.25) is 0 Å². The molecule has 0 spiro atoms. The first-order valence-electron chi connectivity index (χ1n) is 8.64. The first-order valence-corrected chi connectivity index (χ1v) is 9.46. The van der Waals surface area contributed by atoms with Crippen molar-refractivity contribution in [1.82, 2.24) is 14.5 Å². The van der Waals surface area contributed by atoms with Crippen LogP contribution in [0.3, 0.4) is 0 Å². The number of benzene rings is 1. The summed E-state index contributed by atoms with van der Waals surface area (Å²) in [6.45, 7) is 3.80. The van der Waals surface area contributed by atoms with E-state index >= 15 is 0 Å². The quantitative estimate of drug-likeness (QED) is 0.361. The number of hydrogen-bond acceptors (Lipinski definition) is 5. The van der Waals surface area contributed by atoms with E-state index in [1.54, 1.807) is 24.5 Å². The van der Waals surface area contributed by atoms with E-state index in [4.69, 9.17) is 0 Å². The molecule has 0 saturated heterocycles. The van der Waals surface area contributed by atoms with Crippen molar-refractivity contribution < 1.29 is 9.31 Å². The van der Waals surface area contributed by atoms with Gasteiger partial charge in [0.25, 0.3) is 0 Å². The number of nitro groups is 1. The second kappa shape index (κ2) is 6.79. The van der Waals surface area contributed by atoms with Crippen LogP contribution < -0.4 is 0 Å². The minimum absolute atomic E-state index is 0.292. The van der Waals surface area contributed by atoms with Crippen LogP contribution in [-0.4, -0.2) is 19.5 Å². The van der Waals surface area contributed by atoms with Gasteiger partial charge in [-0.1, -0.05) is 0 Å². The Hall–Kier alpha value is -3.13. The van der Waals surface area contributed by atoms with Crippen molar-refractivity contribution in [3.8, 4) is 11.3 Å². The molecule has 0 saturated carbocycles. The Kier molecular flexibility index (Phi) is 4.43. The van der Waals surface area contributed by atoms with Gasteiger partial charge in [0.15, 0.2) is 0 Å². The van der Waals surface area contributed by atoms with Gasteiger partial charge in [-0.3, -0.25) is 10.1 Å². The molecule has 28 heavy (non-hydrogen) atoms. The van der Waals surface area contributed by atoms with Crippen molar-refractivity contribution in [2.75, 3.05) is 0 Å². The summed E-state index contributed by atoms with van der Waals surface area (Å²) >= 11 is 1.72. The molecule has 3 heterocycles. The third-order valence-electron chi connectivity index (χ3n) is 4.72. The highest BCUT2D eigenvalue weighted by Crippen LogP contribution is 2.35. The van der Waals surface area contributed by atoms with Crippen LogP contribution in [0.1, 0.15) is 21.8 Å². The van der Waals surface area contributed by atoms with Gasteiger partial charge in [0.1, 0.15) is 5.82 Å². The van der Waals surface area contributed by atoms with Gasteiger partial charge in [0.05, 0.1) is 20.8 Å². The fourth-order valence-electron chi connectivity index (χ4n) is 3.30. The molecule has 3 aromatic heterocycles. The van der Waals surface area contributed by atoms with Crippen LogP contribution in [-0.2, 0) is 13.5 Å². The summed E-state index contributed by atoms with van der Waals surface area (Å²) in [7, 11) is 2.00. The number of aromatic nitrogens is 3. The maximum absolute atomic E-state index is 13.8. The number of halogens is 1. The summed E-state index contributed by atoms with van der Waals surface area (Å²) in [5.41, 5.74) is 3.72. The van der Waals surface area contributed by atoms with Gasteiger partial charge in [-0.05, 0) is 43.2 Å². The second-order valence-electron chi connectivity index (χ2n) is 6.75. The largest absolute Gasteiger partial charge is 0.349 e. The molecule has 0 radical (unpaired) electrons. The summed E-state index contributed by atoms with van der Waals surface area (Å²) in [6.07, 6.45) is 4.02. The number of aryl methyl sites for hydroxylation is 3. The van der Waals surface area contributed by atoms with Gasteiger partial charge in [0, 0.05) is 42.4 Å². The van der Waals surface area contributed by atoms with Gasteiger partial charge in [-0.25, -0.2) is 9.97 Å². The van der Waals surface area contributed by atoms with Crippen LogP contribution >= 0.6 is 11.3 Å². The molecular weight excluding hydrogens is 379 g/mol. The topological polar surface area (TPSA) is 73.8 Å². The van der Waals surface area contributed by atoms with Gasteiger partial charge in [-0.2, -0.15) is 4.39 Å². The Morgan fingerprint density at radius 2 is 2.07 bits per heavy atom. The van der Waals surface area contributed by atoms with E-state index in [0.29, 0.717) is 23.4 Å². The van der Waals surface area contributed by atoms with Crippen LogP contribution in [0.25, 0.3) is 21.5 Å². The predicted molar refractivity (Wildman–Crippen MR) is 107 cm³/mol. The maximum Gasteiger partial charge on any atom is 0.305 e. The lowest BCUT2D eigenvalue weighted by Crippen LogP contribution is -2.02. The normalized spacial score (nSPS) is 11.3. The summed E-state index contributed by atoms with van der Waals surface area (Å²) in [5, 5.41) is 11.0. The molecule has 0 N–H and O–H groups in total. The zero-order valence-electron chi connectivity index (χ0n) is 15.6. The minimum atomic E-state index is -0.833. The summed E-state index contributed by atoms with van der Waals surface area (Å²) in [5.74, 6) is -0.299. The molecule has 4 rings (SSSR count). The second-order valence-corrected chi connectivity index (χ2v) is 8.00. The number of fused-ring (bicyclic) bond motifs is 1. The molecule has 6 nitrogen and oxygen atoms in total. The highest BCUT2D eigenvalue weighted by Gasteiger charge is 2.18. The van der Waals surface area contributed by atoms with Crippen molar-refractivity contribution in [2.45, 2.75) is 20.3 Å². The number of hydrogen-bond donors (Lipinski definition) is 0. The molecule has 0 aliphatic rings. The molecule has 4 aromatic rings. The molecule has 0 aliphatic carbocycles. The number of thiophene rings is 1. The van der Waals surface area contributed by atoms with Crippen LogP contribution in [0.4, 0.5) is 10.1 Å². The van der Waals surface area contributed by atoms with E-state index in [9.17, 15) is 14.5 Å². The van der Waals surface area contributed by atoms with Gasteiger partial charge in [0.2, 0.25) is 5.82 Å². The van der Waals surface area contributed by atoms with E-state index in [1.807, 2.05) is 19.3 Å². The lowest BCUT2D eigenvalue weighted by atomic mass is 10.0. The fourth-order valence-corrected chi connectivity index (χ4v) is 4.37. The smallest absolute Gasteiger partial charge is 0.305 e. The molecule has 142 valence electrons. The zero-order chi connectivity index (χ0) is 20.0. The fraction of sp³-hybridized carbons (Fsp3) is 0.200. The Labute approximate surface area is 164 Å². The van der Waals surface area contributed by atoms with Crippen molar-refractivity contribution in [1.29, 1.82) is 0 Å². The molecule has 0 atom stereocenters. The summed E-state index contributed by atoms with van der Waals surface area (Å²) in [4.78, 5) is 20.5. The highest BCUT2D eigenvalue weighted by molar-refractivity contribution is 7.19. The number of nitro benzene ring substituents is 1. The van der Waals surface area contributed by atoms with Crippen LogP contribution in [0, 0.1) is 29.8 Å². The first-order chi connectivity index (χ1) is 13.3. The average Bonchev–Trinajstić information content (AvgIpc) is 3.16. The lowest BCUT2D eigenvalue weighted by Gasteiger charge is -2.07. The molecule has 8 heteroatoms. The maximum atomic E-state index is 13.8. The third kappa shape index (κ3) is 3.16. The average molecular weight is 396 g/mol. The van der Waals surface area contributed by atoms with Crippen molar-refractivity contribution in [3.63, 3.8) is 0 Å². The molecule has 1 aromatic carbocycles.